The summed E-state index contributed by atoms with van der Waals surface area (Å²) in [5, 5.41) is 0. The number of esters is 2. The first-order valence-electron chi connectivity index (χ1n) is 9.41. The Balaban J connectivity index is 1.91. The van der Waals surface area contributed by atoms with Crippen LogP contribution in [0.4, 0.5) is 0 Å². The van der Waals surface area contributed by atoms with Gasteiger partial charge in [-0.3, -0.25) is 0 Å². The van der Waals surface area contributed by atoms with E-state index in [1.54, 1.807) is 52.8 Å². The van der Waals surface area contributed by atoms with E-state index in [2.05, 4.69) is 0 Å². The average Bonchev–Trinajstić information content (AvgIpc) is 3.09. The molecule has 1 fully saturated rings. The molecule has 4 atom stereocenters. The van der Waals surface area contributed by atoms with Crippen molar-refractivity contribution < 1.29 is 38.0 Å². The van der Waals surface area contributed by atoms with Gasteiger partial charge in [-0.2, -0.15) is 0 Å². The summed E-state index contributed by atoms with van der Waals surface area (Å²) in [6.45, 7) is 8.58. The third kappa shape index (κ3) is 4.03. The summed E-state index contributed by atoms with van der Waals surface area (Å²) in [7, 11) is 1.50. The van der Waals surface area contributed by atoms with E-state index in [1.165, 1.54) is 7.11 Å². The van der Waals surface area contributed by atoms with Crippen molar-refractivity contribution in [1.29, 1.82) is 0 Å². The number of epoxide rings is 1. The zero-order valence-electron chi connectivity index (χ0n) is 17.4. The maximum atomic E-state index is 12.5. The van der Waals surface area contributed by atoms with Gasteiger partial charge >= 0.3 is 11.9 Å². The molecule has 2 aliphatic heterocycles. The molecular formula is C21H26O8. The normalized spacial score (nSPS) is 24.5. The van der Waals surface area contributed by atoms with Gasteiger partial charge in [-0.15, -0.1) is 0 Å². The Morgan fingerprint density at radius 2 is 1.97 bits per heavy atom. The van der Waals surface area contributed by atoms with Gasteiger partial charge in [0, 0.05) is 11.1 Å². The van der Waals surface area contributed by atoms with Crippen LogP contribution in [0.3, 0.4) is 0 Å². The maximum Gasteiger partial charge on any atom is 0.341 e. The third-order valence-electron chi connectivity index (χ3n) is 5.26. The number of fused-ring (bicyclic) bond motifs is 1. The molecule has 2 aliphatic rings. The molecule has 1 saturated heterocycles. The molecule has 0 amide bonds. The van der Waals surface area contributed by atoms with Gasteiger partial charge in [-0.1, -0.05) is 6.08 Å². The van der Waals surface area contributed by atoms with Crippen molar-refractivity contribution in [2.45, 2.75) is 58.5 Å². The summed E-state index contributed by atoms with van der Waals surface area (Å²) in [5.74, 6) is 0.354. The Hall–Kier alpha value is -2.74. The highest BCUT2D eigenvalue weighted by Crippen LogP contribution is 2.44. The van der Waals surface area contributed by atoms with Crippen LogP contribution < -0.4 is 14.2 Å². The van der Waals surface area contributed by atoms with Crippen LogP contribution in [-0.4, -0.2) is 43.7 Å². The molecule has 1 aromatic carbocycles. The Morgan fingerprint density at radius 1 is 1.28 bits per heavy atom. The molecule has 0 unspecified atom stereocenters. The fraction of sp³-hybridized carbons (Fsp3) is 0.524. The number of benzene rings is 1. The summed E-state index contributed by atoms with van der Waals surface area (Å²) in [6.07, 6.45) is -0.243. The largest absolute Gasteiger partial charge is 0.493 e. The van der Waals surface area contributed by atoms with Gasteiger partial charge < -0.3 is 28.4 Å². The fourth-order valence-electron chi connectivity index (χ4n) is 2.97. The van der Waals surface area contributed by atoms with Crippen LogP contribution in [-0.2, 0) is 23.8 Å². The smallest absolute Gasteiger partial charge is 0.341 e. The Kier molecular flexibility index (Phi) is 5.75. The number of carbonyl (C=O) groups is 2. The van der Waals surface area contributed by atoms with Crippen molar-refractivity contribution in [3.05, 3.63) is 29.3 Å². The zero-order chi connectivity index (χ0) is 21.3. The van der Waals surface area contributed by atoms with Gasteiger partial charge in [0.2, 0.25) is 12.5 Å². The minimum atomic E-state index is -0.978. The Labute approximate surface area is 169 Å². The van der Waals surface area contributed by atoms with Crippen molar-refractivity contribution in [2.24, 2.45) is 0 Å². The van der Waals surface area contributed by atoms with Gasteiger partial charge in [0.25, 0.3) is 0 Å². The lowest BCUT2D eigenvalue weighted by Gasteiger charge is -2.26. The van der Waals surface area contributed by atoms with Crippen molar-refractivity contribution in [1.82, 2.24) is 0 Å². The molecule has 2 heterocycles. The summed E-state index contributed by atoms with van der Waals surface area (Å²) < 4.78 is 32.9. The Bertz CT molecular complexity index is 845. The molecule has 0 aromatic heterocycles. The summed E-state index contributed by atoms with van der Waals surface area (Å²) in [5.41, 5.74) is 0.0140. The second-order valence-electron chi connectivity index (χ2n) is 7.23. The number of hydrogen-bond acceptors (Lipinski definition) is 8. The predicted octanol–water partition coefficient (Wildman–Crippen LogP) is 3.08. The van der Waals surface area contributed by atoms with E-state index in [9.17, 15) is 9.59 Å². The van der Waals surface area contributed by atoms with Crippen LogP contribution in [0.2, 0.25) is 0 Å². The van der Waals surface area contributed by atoms with Crippen LogP contribution in [0.1, 0.15) is 46.3 Å². The van der Waals surface area contributed by atoms with E-state index >= 15 is 0 Å². The van der Waals surface area contributed by atoms with Gasteiger partial charge in [-0.05, 0) is 46.8 Å². The lowest BCUT2D eigenvalue weighted by atomic mass is 10.0. The molecule has 0 aliphatic carbocycles. The molecule has 0 spiro atoms. The number of ether oxygens (including phenoxy) is 6. The van der Waals surface area contributed by atoms with Crippen LogP contribution in [0.5, 0.6) is 17.2 Å². The summed E-state index contributed by atoms with van der Waals surface area (Å²) in [6, 6.07) is 3.37. The van der Waals surface area contributed by atoms with Crippen molar-refractivity contribution >= 4 is 11.9 Å². The van der Waals surface area contributed by atoms with Crippen LogP contribution >= 0.6 is 0 Å². The highest BCUT2D eigenvalue weighted by Gasteiger charge is 2.57. The first-order valence-corrected chi connectivity index (χ1v) is 9.41. The summed E-state index contributed by atoms with van der Waals surface area (Å²) >= 11 is 0. The topological polar surface area (TPSA) is 92.8 Å². The lowest BCUT2D eigenvalue weighted by molar-refractivity contribution is -0.168. The van der Waals surface area contributed by atoms with Crippen molar-refractivity contribution in [3.63, 3.8) is 0 Å². The average molecular weight is 406 g/mol. The number of methoxy groups -OCH3 is 1. The molecule has 0 saturated carbocycles. The lowest BCUT2D eigenvalue weighted by Crippen LogP contribution is -2.33. The molecule has 1 aromatic rings. The molecule has 0 N–H and O–H groups in total. The van der Waals surface area contributed by atoms with E-state index in [4.69, 9.17) is 28.4 Å². The van der Waals surface area contributed by atoms with E-state index in [1.807, 2.05) is 0 Å². The summed E-state index contributed by atoms with van der Waals surface area (Å²) in [4.78, 5) is 25.0. The molecule has 0 radical (unpaired) electrons. The van der Waals surface area contributed by atoms with Gasteiger partial charge in [0.05, 0.1) is 13.2 Å². The molecule has 3 rings (SSSR count). The first-order chi connectivity index (χ1) is 13.7. The minimum Gasteiger partial charge on any atom is -0.493 e. The molecule has 29 heavy (non-hydrogen) atoms. The fourth-order valence-corrected chi connectivity index (χ4v) is 2.97. The van der Waals surface area contributed by atoms with Gasteiger partial charge in [-0.25, -0.2) is 9.59 Å². The highest BCUT2D eigenvalue weighted by molar-refractivity contribution is 5.88. The number of carbonyl (C=O) groups excluding carboxylic acids is 2. The molecular weight excluding hydrogens is 380 g/mol. The second kappa shape index (κ2) is 7.94. The highest BCUT2D eigenvalue weighted by atomic mass is 16.7. The third-order valence-corrected chi connectivity index (χ3v) is 5.26. The van der Waals surface area contributed by atoms with Crippen LogP contribution in [0, 0.1) is 0 Å². The molecule has 8 heteroatoms. The quantitative estimate of drug-likeness (QED) is 0.387. The Morgan fingerprint density at radius 3 is 2.55 bits per heavy atom. The van der Waals surface area contributed by atoms with Crippen molar-refractivity contribution in [3.8, 4) is 17.2 Å². The number of hydrogen-bond donors (Lipinski definition) is 0. The van der Waals surface area contributed by atoms with E-state index in [-0.39, 0.29) is 12.9 Å². The van der Waals surface area contributed by atoms with E-state index in [0.29, 0.717) is 28.4 Å². The SMILES string of the molecule is C/C=C(/C)C(=O)O[C@H](c1cc(OC)c2c(c1)OCO2)[C@H](C)OC(=O)[C@@]1(C)O[C@H]1C. The monoisotopic (exact) mass is 406 g/mol. The molecule has 158 valence electrons. The van der Waals surface area contributed by atoms with Gasteiger partial charge in [0.15, 0.2) is 23.2 Å². The van der Waals surface area contributed by atoms with Crippen LogP contribution in [0.15, 0.2) is 23.8 Å². The molecule has 8 nitrogen and oxygen atoms in total. The van der Waals surface area contributed by atoms with Gasteiger partial charge in [0.1, 0.15) is 6.10 Å². The van der Waals surface area contributed by atoms with Crippen LogP contribution in [0.25, 0.3) is 0 Å². The minimum absolute atomic E-state index is 0.0649. The van der Waals surface area contributed by atoms with Crippen molar-refractivity contribution in [2.75, 3.05) is 13.9 Å². The van der Waals surface area contributed by atoms with E-state index in [0.717, 1.165) is 0 Å². The maximum absolute atomic E-state index is 12.5. The first kappa shape index (κ1) is 21.0. The number of allylic oxidation sites excluding steroid dienone is 1. The van der Waals surface area contributed by atoms with E-state index < -0.39 is 29.7 Å². The zero-order valence-corrected chi connectivity index (χ0v) is 17.4. The second-order valence-corrected chi connectivity index (χ2v) is 7.23. The molecule has 0 bridgehead atoms. The number of rotatable bonds is 7. The predicted molar refractivity (Wildman–Crippen MR) is 102 cm³/mol. The standard InChI is InChI=1S/C21H26O8/c1-7-11(2)19(22)28-17(12(3)27-20(23)21(5)13(4)29-21)14-8-15(24-6)18-16(9-14)25-10-26-18/h7-9,12-13,17H,10H2,1-6H3/b11-7-/t12-,13-,17-,21-/m0/s1.